The molecule has 4 nitrogen and oxygen atoms in total. The molecule has 0 saturated heterocycles. The lowest BCUT2D eigenvalue weighted by atomic mass is 9.67. The number of hydrogen-bond acceptors (Lipinski definition) is 2. The Hall–Kier alpha value is -1.26. The molecule has 0 spiro atoms. The fourth-order valence-electron chi connectivity index (χ4n) is 2.88. The third kappa shape index (κ3) is 5.70. The molecule has 5 heteroatoms. The second-order valence-electron chi connectivity index (χ2n) is 6.27. The average Bonchev–Trinajstić information content (AvgIpc) is 2.52. The van der Waals surface area contributed by atoms with Crippen molar-refractivity contribution in [2.75, 3.05) is 26.8 Å². The molecule has 0 aromatic heterocycles. The average molecular weight is 338 g/mol. The summed E-state index contributed by atoms with van der Waals surface area (Å²) in [5, 5.41) is 7.59. The van der Waals surface area contributed by atoms with Crippen LogP contribution in [0.25, 0.3) is 0 Å². The van der Waals surface area contributed by atoms with Gasteiger partial charge in [0.05, 0.1) is 6.54 Å². The Bertz CT molecular complexity index is 497. The topological polar surface area (TPSA) is 45.7 Å². The molecule has 0 atom stereocenters. The van der Waals surface area contributed by atoms with Crippen LogP contribution in [0, 0.1) is 5.41 Å². The molecule has 0 bridgehead atoms. The van der Waals surface area contributed by atoms with Crippen LogP contribution in [0.5, 0.6) is 0 Å². The summed E-state index contributed by atoms with van der Waals surface area (Å²) in [4.78, 5) is 4.68. The predicted molar refractivity (Wildman–Crippen MR) is 97.0 cm³/mol. The molecular formula is C18H28ClN3O. The summed E-state index contributed by atoms with van der Waals surface area (Å²) in [5.41, 5.74) is 1.54. The minimum absolute atomic E-state index is 0.381. The number of nitrogens with zero attached hydrogens (tertiary/aromatic N) is 1. The first-order valence-electron chi connectivity index (χ1n) is 8.43. The molecule has 1 saturated carbocycles. The SMILES string of the molecule is CCNC(=NCc1ccc(Cl)cc1)NCC1(CCOC)CCC1. The van der Waals surface area contributed by atoms with Crippen molar-refractivity contribution in [2.24, 2.45) is 10.4 Å². The summed E-state index contributed by atoms with van der Waals surface area (Å²) in [6.45, 7) is 5.39. The van der Waals surface area contributed by atoms with Crippen LogP contribution in [-0.4, -0.2) is 32.8 Å². The molecule has 0 heterocycles. The van der Waals surface area contributed by atoms with Gasteiger partial charge in [-0.3, -0.25) is 0 Å². The van der Waals surface area contributed by atoms with Crippen molar-refractivity contribution in [1.29, 1.82) is 0 Å². The molecule has 1 aliphatic carbocycles. The van der Waals surface area contributed by atoms with E-state index >= 15 is 0 Å². The largest absolute Gasteiger partial charge is 0.385 e. The molecule has 0 amide bonds. The van der Waals surface area contributed by atoms with Gasteiger partial charge in [-0.25, -0.2) is 4.99 Å². The predicted octanol–water partition coefficient (Wildman–Crippen LogP) is 3.60. The Morgan fingerprint density at radius 3 is 2.57 bits per heavy atom. The van der Waals surface area contributed by atoms with Gasteiger partial charge in [-0.1, -0.05) is 30.2 Å². The number of halogens is 1. The highest BCUT2D eigenvalue weighted by Crippen LogP contribution is 2.43. The maximum atomic E-state index is 5.92. The van der Waals surface area contributed by atoms with Crippen molar-refractivity contribution in [2.45, 2.75) is 39.2 Å². The third-order valence-corrected chi connectivity index (χ3v) is 4.81. The van der Waals surface area contributed by atoms with E-state index in [9.17, 15) is 0 Å². The molecule has 0 unspecified atom stereocenters. The molecule has 1 aromatic rings. The third-order valence-electron chi connectivity index (χ3n) is 4.56. The van der Waals surface area contributed by atoms with E-state index in [4.69, 9.17) is 16.3 Å². The number of ether oxygens (including phenoxy) is 1. The molecule has 1 aliphatic rings. The van der Waals surface area contributed by atoms with Crippen LogP contribution in [0.3, 0.4) is 0 Å². The van der Waals surface area contributed by atoms with Gasteiger partial charge in [0.2, 0.25) is 0 Å². The van der Waals surface area contributed by atoms with Gasteiger partial charge in [-0.05, 0) is 49.3 Å². The fourth-order valence-corrected chi connectivity index (χ4v) is 3.01. The fraction of sp³-hybridized carbons (Fsp3) is 0.611. The molecule has 128 valence electrons. The number of guanidine groups is 1. The zero-order valence-electron chi connectivity index (χ0n) is 14.2. The Morgan fingerprint density at radius 2 is 2.00 bits per heavy atom. The van der Waals surface area contributed by atoms with Crippen LogP contribution < -0.4 is 10.6 Å². The number of nitrogens with one attached hydrogen (secondary N) is 2. The van der Waals surface area contributed by atoms with Crippen molar-refractivity contribution in [3.05, 3.63) is 34.9 Å². The Balaban J connectivity index is 1.89. The van der Waals surface area contributed by atoms with Gasteiger partial charge in [0, 0.05) is 31.8 Å². The van der Waals surface area contributed by atoms with E-state index in [0.717, 1.165) is 42.7 Å². The van der Waals surface area contributed by atoms with E-state index < -0.39 is 0 Å². The highest BCUT2D eigenvalue weighted by Gasteiger charge is 2.36. The van der Waals surface area contributed by atoms with Crippen LogP contribution in [0.2, 0.25) is 5.02 Å². The first-order chi connectivity index (χ1) is 11.2. The lowest BCUT2D eigenvalue weighted by molar-refractivity contribution is 0.0732. The summed E-state index contributed by atoms with van der Waals surface area (Å²) in [5.74, 6) is 0.881. The zero-order valence-corrected chi connectivity index (χ0v) is 15.0. The highest BCUT2D eigenvalue weighted by atomic mass is 35.5. The van der Waals surface area contributed by atoms with Crippen LogP contribution in [0.1, 0.15) is 38.2 Å². The monoisotopic (exact) mass is 337 g/mol. The molecule has 0 radical (unpaired) electrons. The molecule has 1 fully saturated rings. The van der Waals surface area contributed by atoms with Gasteiger partial charge in [0.25, 0.3) is 0 Å². The van der Waals surface area contributed by atoms with Crippen molar-refractivity contribution >= 4 is 17.6 Å². The number of benzene rings is 1. The molecule has 0 aliphatic heterocycles. The summed E-state index contributed by atoms with van der Waals surface area (Å²) in [6.07, 6.45) is 5.00. The van der Waals surface area contributed by atoms with Crippen molar-refractivity contribution in [1.82, 2.24) is 10.6 Å². The zero-order chi connectivity index (χ0) is 16.5. The van der Waals surface area contributed by atoms with E-state index in [1.54, 1.807) is 7.11 Å². The van der Waals surface area contributed by atoms with Gasteiger partial charge in [-0.2, -0.15) is 0 Å². The van der Waals surface area contributed by atoms with Gasteiger partial charge < -0.3 is 15.4 Å². The minimum Gasteiger partial charge on any atom is -0.385 e. The summed E-state index contributed by atoms with van der Waals surface area (Å²) in [6, 6.07) is 7.84. The van der Waals surface area contributed by atoms with E-state index in [2.05, 4.69) is 22.5 Å². The first-order valence-corrected chi connectivity index (χ1v) is 8.81. The van der Waals surface area contributed by atoms with Crippen molar-refractivity contribution in [3.8, 4) is 0 Å². The Kier molecular flexibility index (Phi) is 7.18. The number of hydrogen-bond donors (Lipinski definition) is 2. The standard InChI is InChI=1S/C18H28ClN3O/c1-3-20-17(21-13-15-5-7-16(19)8-6-15)22-14-18(9-4-10-18)11-12-23-2/h5-8H,3-4,9-14H2,1-2H3,(H2,20,21,22). The summed E-state index contributed by atoms with van der Waals surface area (Å²) < 4.78 is 5.26. The van der Waals surface area contributed by atoms with Gasteiger partial charge in [0.15, 0.2) is 5.96 Å². The Labute approximate surface area is 144 Å². The lowest BCUT2D eigenvalue weighted by Gasteiger charge is -2.42. The number of aliphatic imine (C=N–C) groups is 1. The second-order valence-corrected chi connectivity index (χ2v) is 6.71. The van der Waals surface area contributed by atoms with Crippen LogP contribution in [0.15, 0.2) is 29.3 Å². The van der Waals surface area contributed by atoms with Crippen molar-refractivity contribution in [3.63, 3.8) is 0 Å². The quantitative estimate of drug-likeness (QED) is 0.562. The Morgan fingerprint density at radius 1 is 1.26 bits per heavy atom. The molecule has 2 N–H and O–H groups in total. The summed E-state index contributed by atoms with van der Waals surface area (Å²) in [7, 11) is 1.78. The van der Waals surface area contributed by atoms with E-state index in [-0.39, 0.29) is 0 Å². The van der Waals surface area contributed by atoms with E-state index in [1.165, 1.54) is 19.3 Å². The van der Waals surface area contributed by atoms with E-state index in [1.807, 2.05) is 24.3 Å². The normalized spacial score (nSPS) is 16.7. The molecule has 23 heavy (non-hydrogen) atoms. The lowest BCUT2D eigenvalue weighted by Crippen LogP contribution is -2.46. The number of rotatable bonds is 8. The van der Waals surface area contributed by atoms with Crippen LogP contribution in [0.4, 0.5) is 0 Å². The molecule has 1 aromatic carbocycles. The van der Waals surface area contributed by atoms with Crippen molar-refractivity contribution < 1.29 is 4.74 Å². The van der Waals surface area contributed by atoms with Gasteiger partial charge in [-0.15, -0.1) is 0 Å². The molecular weight excluding hydrogens is 310 g/mol. The second kappa shape index (κ2) is 9.14. The smallest absolute Gasteiger partial charge is 0.191 e. The maximum absolute atomic E-state index is 5.92. The molecule has 2 rings (SSSR count). The maximum Gasteiger partial charge on any atom is 0.191 e. The van der Waals surface area contributed by atoms with Gasteiger partial charge in [0.1, 0.15) is 0 Å². The van der Waals surface area contributed by atoms with Gasteiger partial charge >= 0.3 is 0 Å². The van der Waals surface area contributed by atoms with E-state index in [0.29, 0.717) is 12.0 Å². The van der Waals surface area contributed by atoms with Crippen LogP contribution >= 0.6 is 11.6 Å². The first kappa shape index (κ1) is 18.1. The highest BCUT2D eigenvalue weighted by molar-refractivity contribution is 6.30. The summed E-state index contributed by atoms with van der Waals surface area (Å²) >= 11 is 5.92. The minimum atomic E-state index is 0.381. The van der Waals surface area contributed by atoms with Crippen LogP contribution in [-0.2, 0) is 11.3 Å². The number of methoxy groups -OCH3 is 1.